The summed E-state index contributed by atoms with van der Waals surface area (Å²) in [4.78, 5) is 11.9. The quantitative estimate of drug-likeness (QED) is 0.886. The van der Waals surface area contributed by atoms with Crippen LogP contribution in [0, 0.1) is 11.6 Å². The van der Waals surface area contributed by atoms with Crippen LogP contribution in [0.4, 0.5) is 20.2 Å². The molecular formula is C14H9ClF2N2O. The number of halogens is 3. The van der Waals surface area contributed by atoms with Crippen molar-refractivity contribution in [2.75, 3.05) is 10.6 Å². The standard InChI is InChI=1S/C14H9ClF2N2O/c15-9-2-1-3-11(12(9)17)18-13-8-6-7(16)4-5-10(8)19-14(13)20/h1-6,13,18H,(H,19,20). The molecule has 0 radical (unpaired) electrons. The van der Waals surface area contributed by atoms with Crippen molar-refractivity contribution in [3.8, 4) is 0 Å². The van der Waals surface area contributed by atoms with Crippen LogP contribution in [-0.2, 0) is 4.79 Å². The first-order valence-electron chi connectivity index (χ1n) is 5.87. The molecule has 0 fully saturated rings. The lowest BCUT2D eigenvalue weighted by atomic mass is 10.1. The smallest absolute Gasteiger partial charge is 0.251 e. The molecule has 0 aromatic heterocycles. The number of hydrogen-bond acceptors (Lipinski definition) is 2. The van der Waals surface area contributed by atoms with Crippen LogP contribution in [-0.4, -0.2) is 5.91 Å². The van der Waals surface area contributed by atoms with Gasteiger partial charge in [-0.25, -0.2) is 8.78 Å². The normalized spacial score (nSPS) is 16.8. The summed E-state index contributed by atoms with van der Waals surface area (Å²) in [6.45, 7) is 0. The Labute approximate surface area is 118 Å². The minimum atomic E-state index is -0.853. The van der Waals surface area contributed by atoms with Crippen LogP contribution in [0.5, 0.6) is 0 Å². The molecule has 1 amide bonds. The molecule has 2 aromatic rings. The first-order valence-corrected chi connectivity index (χ1v) is 6.25. The Bertz CT molecular complexity index is 706. The van der Waals surface area contributed by atoms with Gasteiger partial charge in [0.2, 0.25) is 0 Å². The van der Waals surface area contributed by atoms with Crippen molar-refractivity contribution in [1.29, 1.82) is 0 Å². The van der Waals surface area contributed by atoms with Gasteiger partial charge in [-0.3, -0.25) is 4.79 Å². The number of amides is 1. The van der Waals surface area contributed by atoms with Gasteiger partial charge in [-0.05, 0) is 30.3 Å². The molecule has 1 heterocycles. The van der Waals surface area contributed by atoms with Crippen molar-refractivity contribution in [1.82, 2.24) is 0 Å². The van der Waals surface area contributed by atoms with E-state index >= 15 is 0 Å². The first kappa shape index (κ1) is 12.9. The summed E-state index contributed by atoms with van der Waals surface area (Å²) in [6, 6.07) is 7.55. The van der Waals surface area contributed by atoms with E-state index in [-0.39, 0.29) is 16.6 Å². The van der Waals surface area contributed by atoms with Crippen molar-refractivity contribution in [3.63, 3.8) is 0 Å². The Morgan fingerprint density at radius 3 is 2.80 bits per heavy atom. The summed E-state index contributed by atoms with van der Waals surface area (Å²) in [7, 11) is 0. The van der Waals surface area contributed by atoms with E-state index < -0.39 is 17.7 Å². The fraction of sp³-hybridized carbons (Fsp3) is 0.0714. The molecule has 20 heavy (non-hydrogen) atoms. The fourth-order valence-electron chi connectivity index (χ4n) is 2.15. The van der Waals surface area contributed by atoms with Gasteiger partial charge >= 0.3 is 0 Å². The van der Waals surface area contributed by atoms with E-state index in [1.54, 1.807) is 6.07 Å². The van der Waals surface area contributed by atoms with Gasteiger partial charge in [-0.1, -0.05) is 17.7 Å². The third-order valence-corrected chi connectivity index (χ3v) is 3.39. The predicted molar refractivity (Wildman–Crippen MR) is 72.8 cm³/mol. The molecule has 1 aliphatic heterocycles. The molecule has 3 nitrogen and oxygen atoms in total. The molecule has 1 atom stereocenters. The van der Waals surface area contributed by atoms with Gasteiger partial charge in [0.1, 0.15) is 11.9 Å². The molecular weight excluding hydrogens is 286 g/mol. The van der Waals surface area contributed by atoms with Crippen LogP contribution in [0.15, 0.2) is 36.4 Å². The second-order valence-corrected chi connectivity index (χ2v) is 4.81. The molecule has 1 unspecified atom stereocenters. The van der Waals surface area contributed by atoms with Crippen LogP contribution in [0.1, 0.15) is 11.6 Å². The van der Waals surface area contributed by atoms with Gasteiger partial charge in [-0.15, -0.1) is 0 Å². The third kappa shape index (κ3) is 2.10. The van der Waals surface area contributed by atoms with Crippen LogP contribution in [0.25, 0.3) is 0 Å². The highest BCUT2D eigenvalue weighted by molar-refractivity contribution is 6.31. The van der Waals surface area contributed by atoms with E-state index in [0.717, 1.165) is 0 Å². The van der Waals surface area contributed by atoms with Crippen molar-refractivity contribution < 1.29 is 13.6 Å². The number of hydrogen-bond donors (Lipinski definition) is 2. The summed E-state index contributed by atoms with van der Waals surface area (Å²) < 4.78 is 27.1. The summed E-state index contributed by atoms with van der Waals surface area (Å²) in [6.07, 6.45) is 0. The average molecular weight is 295 g/mol. The molecule has 0 bridgehead atoms. The molecule has 102 valence electrons. The Hall–Kier alpha value is -2.14. The Balaban J connectivity index is 1.98. The lowest BCUT2D eigenvalue weighted by Crippen LogP contribution is -2.20. The molecule has 3 rings (SSSR count). The first-order chi connectivity index (χ1) is 9.56. The van der Waals surface area contributed by atoms with Gasteiger partial charge in [-0.2, -0.15) is 0 Å². The summed E-state index contributed by atoms with van der Waals surface area (Å²) >= 11 is 5.69. The zero-order valence-electron chi connectivity index (χ0n) is 10.1. The van der Waals surface area contributed by atoms with Gasteiger partial charge in [0, 0.05) is 11.3 Å². The van der Waals surface area contributed by atoms with Crippen molar-refractivity contribution >= 4 is 28.9 Å². The number of benzene rings is 2. The number of anilines is 2. The molecule has 1 aliphatic rings. The molecule has 0 aliphatic carbocycles. The van der Waals surface area contributed by atoms with Gasteiger partial charge in [0.05, 0.1) is 10.7 Å². The molecule has 0 saturated heterocycles. The molecule has 0 spiro atoms. The van der Waals surface area contributed by atoms with Crippen LogP contribution >= 0.6 is 11.6 Å². The zero-order valence-corrected chi connectivity index (χ0v) is 10.8. The van der Waals surface area contributed by atoms with Gasteiger partial charge in [0.25, 0.3) is 5.91 Å². The molecule has 2 aromatic carbocycles. The molecule has 2 N–H and O–H groups in total. The van der Waals surface area contributed by atoms with Crippen LogP contribution in [0.3, 0.4) is 0 Å². The van der Waals surface area contributed by atoms with Crippen molar-refractivity contribution in [2.45, 2.75) is 6.04 Å². The molecule has 6 heteroatoms. The topological polar surface area (TPSA) is 41.1 Å². The number of rotatable bonds is 2. The minimum absolute atomic E-state index is 0.0483. The van der Waals surface area contributed by atoms with Crippen LogP contribution < -0.4 is 10.6 Å². The number of carbonyl (C=O) groups is 1. The fourth-order valence-corrected chi connectivity index (χ4v) is 2.32. The van der Waals surface area contributed by atoms with E-state index in [9.17, 15) is 13.6 Å². The lowest BCUT2D eigenvalue weighted by Gasteiger charge is -2.14. The third-order valence-electron chi connectivity index (χ3n) is 3.10. The van der Waals surface area contributed by atoms with Gasteiger partial charge in [0.15, 0.2) is 5.82 Å². The maximum Gasteiger partial charge on any atom is 0.251 e. The highest BCUT2D eigenvalue weighted by Crippen LogP contribution is 2.35. The summed E-state index contributed by atoms with van der Waals surface area (Å²) in [5.74, 6) is -1.48. The highest BCUT2D eigenvalue weighted by Gasteiger charge is 2.31. The second-order valence-electron chi connectivity index (χ2n) is 4.40. The Kier molecular flexibility index (Phi) is 3.06. The predicted octanol–water partition coefficient (Wildman–Crippen LogP) is 3.72. The number of fused-ring (bicyclic) bond motifs is 1. The van der Waals surface area contributed by atoms with Crippen molar-refractivity contribution in [2.24, 2.45) is 0 Å². The summed E-state index contributed by atoms with van der Waals surface area (Å²) in [5.41, 5.74) is 1.04. The average Bonchev–Trinajstić information content (AvgIpc) is 2.71. The van der Waals surface area contributed by atoms with Crippen LogP contribution in [0.2, 0.25) is 5.02 Å². The monoisotopic (exact) mass is 294 g/mol. The Morgan fingerprint density at radius 2 is 2.00 bits per heavy atom. The highest BCUT2D eigenvalue weighted by atomic mass is 35.5. The number of carbonyl (C=O) groups excluding carboxylic acids is 1. The lowest BCUT2D eigenvalue weighted by molar-refractivity contribution is -0.116. The summed E-state index contributed by atoms with van der Waals surface area (Å²) in [5, 5.41) is 5.30. The largest absolute Gasteiger partial charge is 0.368 e. The van der Waals surface area contributed by atoms with E-state index in [2.05, 4.69) is 10.6 Å². The maximum atomic E-state index is 13.8. The van der Waals surface area contributed by atoms with E-state index in [1.807, 2.05) is 0 Å². The second kappa shape index (κ2) is 4.76. The molecule has 0 saturated carbocycles. The van der Waals surface area contributed by atoms with Gasteiger partial charge < -0.3 is 10.6 Å². The minimum Gasteiger partial charge on any atom is -0.368 e. The number of nitrogens with one attached hydrogen (secondary N) is 2. The van der Waals surface area contributed by atoms with Crippen molar-refractivity contribution in [3.05, 3.63) is 58.6 Å². The van der Waals surface area contributed by atoms with E-state index in [1.165, 1.54) is 30.3 Å². The van der Waals surface area contributed by atoms with E-state index in [4.69, 9.17) is 11.6 Å². The zero-order chi connectivity index (χ0) is 14.3. The Morgan fingerprint density at radius 1 is 1.20 bits per heavy atom. The maximum absolute atomic E-state index is 13.8. The van der Waals surface area contributed by atoms with E-state index in [0.29, 0.717) is 11.3 Å². The SMILES string of the molecule is O=C1Nc2ccc(F)cc2C1Nc1cccc(Cl)c1F.